The van der Waals surface area contributed by atoms with Gasteiger partial charge in [0.1, 0.15) is 0 Å². The predicted octanol–water partition coefficient (Wildman–Crippen LogP) is 3.81. The zero-order valence-electron chi connectivity index (χ0n) is 11.2. The van der Waals surface area contributed by atoms with Crippen LogP contribution in [0.4, 0.5) is 17.1 Å². The highest BCUT2D eigenvalue weighted by Crippen LogP contribution is 2.33. The quantitative estimate of drug-likeness (QED) is 0.837. The minimum absolute atomic E-state index is 0.186. The van der Waals surface area contributed by atoms with Gasteiger partial charge >= 0.3 is 5.97 Å². The number of nitrogens with zero attached hydrogens (tertiary/aromatic N) is 1. The van der Waals surface area contributed by atoms with Crippen molar-refractivity contribution in [1.82, 2.24) is 0 Å². The number of nitrogens with two attached hydrogens (primary N) is 1. The smallest absolute Gasteiger partial charge is 0.335 e. The van der Waals surface area contributed by atoms with Crippen molar-refractivity contribution in [3.63, 3.8) is 0 Å². The molecule has 2 aromatic carbocycles. The van der Waals surface area contributed by atoms with E-state index in [2.05, 4.69) is 15.9 Å². The average molecular weight is 335 g/mol. The lowest BCUT2D eigenvalue weighted by Gasteiger charge is -2.23. The molecular formula is C15H15BrN2O2. The molecule has 0 amide bonds. The van der Waals surface area contributed by atoms with E-state index in [1.165, 1.54) is 6.07 Å². The van der Waals surface area contributed by atoms with Gasteiger partial charge in [0.05, 0.1) is 16.9 Å². The molecule has 20 heavy (non-hydrogen) atoms. The Morgan fingerprint density at radius 1 is 1.20 bits per heavy atom. The van der Waals surface area contributed by atoms with Gasteiger partial charge in [-0.15, -0.1) is 0 Å². The minimum atomic E-state index is -0.982. The molecule has 0 aliphatic heterocycles. The van der Waals surface area contributed by atoms with Crippen LogP contribution in [0, 0.1) is 6.92 Å². The number of anilines is 3. The third-order valence-corrected chi connectivity index (χ3v) is 3.66. The Morgan fingerprint density at radius 3 is 2.50 bits per heavy atom. The van der Waals surface area contributed by atoms with Crippen LogP contribution in [0.2, 0.25) is 0 Å². The maximum atomic E-state index is 10.9. The average Bonchev–Trinajstić information content (AvgIpc) is 2.40. The van der Waals surface area contributed by atoms with Gasteiger partial charge in [0.25, 0.3) is 0 Å². The molecule has 0 aliphatic carbocycles. The fraction of sp³-hybridized carbons (Fsp3) is 0.133. The SMILES string of the molecule is Cc1ccc(Br)cc1N(C)c1ccc(C(=O)O)cc1N. The minimum Gasteiger partial charge on any atom is -0.478 e. The molecule has 0 fully saturated rings. The zero-order chi connectivity index (χ0) is 14.9. The van der Waals surface area contributed by atoms with Crippen LogP contribution in [0.15, 0.2) is 40.9 Å². The summed E-state index contributed by atoms with van der Waals surface area (Å²) >= 11 is 3.45. The number of benzene rings is 2. The molecule has 0 saturated carbocycles. The second-order valence-corrected chi connectivity index (χ2v) is 5.48. The fourth-order valence-corrected chi connectivity index (χ4v) is 2.42. The van der Waals surface area contributed by atoms with Gasteiger partial charge in [-0.2, -0.15) is 0 Å². The number of aromatic carboxylic acids is 1. The van der Waals surface area contributed by atoms with Crippen molar-refractivity contribution in [3.05, 3.63) is 52.0 Å². The lowest BCUT2D eigenvalue weighted by molar-refractivity contribution is 0.0697. The molecule has 0 heterocycles. The molecular weight excluding hydrogens is 320 g/mol. The standard InChI is InChI=1S/C15H15BrN2O2/c1-9-3-5-11(16)8-14(9)18(2)13-6-4-10(15(19)20)7-12(13)17/h3-8H,17H2,1-2H3,(H,19,20). The van der Waals surface area contributed by atoms with E-state index in [0.29, 0.717) is 5.69 Å². The highest BCUT2D eigenvalue weighted by Gasteiger charge is 2.12. The van der Waals surface area contributed by atoms with Crippen molar-refractivity contribution >= 4 is 39.0 Å². The molecule has 0 aliphatic rings. The van der Waals surface area contributed by atoms with Crippen molar-refractivity contribution in [1.29, 1.82) is 0 Å². The van der Waals surface area contributed by atoms with Crippen LogP contribution >= 0.6 is 15.9 Å². The highest BCUT2D eigenvalue weighted by molar-refractivity contribution is 9.10. The summed E-state index contributed by atoms with van der Waals surface area (Å²) in [5.74, 6) is -0.982. The number of hydrogen-bond acceptors (Lipinski definition) is 3. The van der Waals surface area contributed by atoms with Crippen LogP contribution in [0.3, 0.4) is 0 Å². The summed E-state index contributed by atoms with van der Waals surface area (Å²) in [6.07, 6.45) is 0. The van der Waals surface area contributed by atoms with Gasteiger partial charge in [0, 0.05) is 17.2 Å². The van der Waals surface area contributed by atoms with E-state index in [0.717, 1.165) is 21.4 Å². The topological polar surface area (TPSA) is 66.6 Å². The Kier molecular flexibility index (Phi) is 3.99. The molecule has 5 heteroatoms. The van der Waals surface area contributed by atoms with Crippen molar-refractivity contribution in [3.8, 4) is 0 Å². The lowest BCUT2D eigenvalue weighted by Crippen LogP contribution is -2.13. The maximum absolute atomic E-state index is 10.9. The fourth-order valence-electron chi connectivity index (χ4n) is 2.07. The van der Waals surface area contributed by atoms with E-state index >= 15 is 0 Å². The number of carbonyl (C=O) groups is 1. The molecule has 0 unspecified atom stereocenters. The molecule has 0 radical (unpaired) electrons. The number of rotatable bonds is 3. The number of carboxylic acids is 1. The molecule has 0 spiro atoms. The van der Waals surface area contributed by atoms with Crippen molar-refractivity contribution in [2.45, 2.75) is 6.92 Å². The molecule has 2 rings (SSSR count). The van der Waals surface area contributed by atoms with Gasteiger partial charge in [0.15, 0.2) is 0 Å². The summed E-state index contributed by atoms with van der Waals surface area (Å²) in [6.45, 7) is 2.01. The summed E-state index contributed by atoms with van der Waals surface area (Å²) in [6, 6.07) is 10.7. The van der Waals surface area contributed by atoms with Crippen molar-refractivity contribution in [2.75, 3.05) is 17.7 Å². The normalized spacial score (nSPS) is 10.3. The van der Waals surface area contributed by atoms with E-state index < -0.39 is 5.97 Å². The van der Waals surface area contributed by atoms with Gasteiger partial charge in [-0.3, -0.25) is 0 Å². The van der Waals surface area contributed by atoms with Gasteiger partial charge in [0.2, 0.25) is 0 Å². The highest BCUT2D eigenvalue weighted by atomic mass is 79.9. The van der Waals surface area contributed by atoms with E-state index in [1.54, 1.807) is 12.1 Å². The van der Waals surface area contributed by atoms with Crippen LogP contribution in [-0.4, -0.2) is 18.1 Å². The van der Waals surface area contributed by atoms with Crippen LogP contribution in [-0.2, 0) is 0 Å². The maximum Gasteiger partial charge on any atom is 0.335 e. The molecule has 0 aromatic heterocycles. The summed E-state index contributed by atoms with van der Waals surface area (Å²) in [4.78, 5) is 12.9. The van der Waals surface area contributed by atoms with Gasteiger partial charge in [-0.05, 0) is 42.8 Å². The summed E-state index contributed by atoms with van der Waals surface area (Å²) in [5, 5.41) is 8.96. The molecule has 0 atom stereocenters. The van der Waals surface area contributed by atoms with Crippen LogP contribution in [0.25, 0.3) is 0 Å². The van der Waals surface area contributed by atoms with Gasteiger partial charge < -0.3 is 15.7 Å². The third kappa shape index (κ3) is 2.77. The molecule has 104 valence electrons. The molecule has 4 nitrogen and oxygen atoms in total. The largest absolute Gasteiger partial charge is 0.478 e. The Balaban J connectivity index is 2.45. The van der Waals surface area contributed by atoms with Crippen molar-refractivity contribution in [2.24, 2.45) is 0 Å². The Bertz CT molecular complexity index is 671. The summed E-state index contributed by atoms with van der Waals surface area (Å²) < 4.78 is 0.977. The zero-order valence-corrected chi connectivity index (χ0v) is 12.8. The second kappa shape index (κ2) is 5.54. The first kappa shape index (κ1) is 14.4. The van der Waals surface area contributed by atoms with Crippen LogP contribution in [0.5, 0.6) is 0 Å². The van der Waals surface area contributed by atoms with E-state index in [-0.39, 0.29) is 5.56 Å². The van der Waals surface area contributed by atoms with Gasteiger partial charge in [-0.25, -0.2) is 4.79 Å². The molecule has 3 N–H and O–H groups in total. The monoisotopic (exact) mass is 334 g/mol. The number of nitrogen functional groups attached to an aromatic ring is 1. The first-order valence-corrected chi connectivity index (χ1v) is 6.82. The summed E-state index contributed by atoms with van der Waals surface area (Å²) in [7, 11) is 1.90. The molecule has 0 saturated heterocycles. The first-order chi connectivity index (χ1) is 9.40. The first-order valence-electron chi connectivity index (χ1n) is 6.03. The second-order valence-electron chi connectivity index (χ2n) is 4.57. The Labute approximate surface area is 126 Å². The number of halogens is 1. The predicted molar refractivity (Wildman–Crippen MR) is 84.8 cm³/mol. The number of aryl methyl sites for hydroxylation is 1. The lowest BCUT2D eigenvalue weighted by atomic mass is 10.1. The molecule has 0 bridgehead atoms. The van der Waals surface area contributed by atoms with Gasteiger partial charge in [-0.1, -0.05) is 22.0 Å². The van der Waals surface area contributed by atoms with Crippen LogP contribution < -0.4 is 10.6 Å². The third-order valence-electron chi connectivity index (χ3n) is 3.17. The molecule has 2 aromatic rings. The van der Waals surface area contributed by atoms with E-state index in [1.807, 2.05) is 37.1 Å². The summed E-state index contributed by atoms with van der Waals surface area (Å²) in [5.41, 5.74) is 9.48. The Hall–Kier alpha value is -2.01. The van der Waals surface area contributed by atoms with E-state index in [9.17, 15) is 4.79 Å². The number of hydrogen-bond donors (Lipinski definition) is 2. The number of carboxylic acid groups (broad SMARTS) is 1. The van der Waals surface area contributed by atoms with E-state index in [4.69, 9.17) is 10.8 Å². The Morgan fingerprint density at radius 2 is 1.90 bits per heavy atom. The van der Waals surface area contributed by atoms with Crippen molar-refractivity contribution < 1.29 is 9.90 Å². The van der Waals surface area contributed by atoms with Crippen LogP contribution in [0.1, 0.15) is 15.9 Å².